The Bertz CT molecular complexity index is 849. The van der Waals surface area contributed by atoms with E-state index in [1.165, 1.54) is 0 Å². The molecule has 3 atom stereocenters. The molecule has 2 aliphatic rings. The summed E-state index contributed by atoms with van der Waals surface area (Å²) < 4.78 is 0. The normalized spacial score (nSPS) is 24.2. The van der Waals surface area contributed by atoms with Gasteiger partial charge in [0.05, 0.1) is 21.7 Å². The maximum atomic E-state index is 10.9. The van der Waals surface area contributed by atoms with E-state index in [4.69, 9.17) is 23.2 Å². The van der Waals surface area contributed by atoms with Crippen molar-refractivity contribution in [2.24, 2.45) is 5.92 Å². The molecule has 0 saturated heterocycles. The van der Waals surface area contributed by atoms with Crippen molar-refractivity contribution in [3.05, 3.63) is 79.8 Å². The number of benzene rings is 2. The first-order chi connectivity index (χ1) is 11.5. The van der Waals surface area contributed by atoms with Crippen molar-refractivity contribution in [1.82, 2.24) is 0 Å². The van der Waals surface area contributed by atoms with Crippen LogP contribution in [0, 0.1) is 16.0 Å². The van der Waals surface area contributed by atoms with E-state index in [0.29, 0.717) is 16.0 Å². The van der Waals surface area contributed by atoms with E-state index in [-0.39, 0.29) is 22.6 Å². The highest BCUT2D eigenvalue weighted by molar-refractivity contribution is 6.36. The van der Waals surface area contributed by atoms with Gasteiger partial charge in [-0.15, -0.1) is 0 Å². The van der Waals surface area contributed by atoms with E-state index in [9.17, 15) is 10.1 Å². The van der Waals surface area contributed by atoms with Gasteiger partial charge in [0, 0.05) is 23.1 Å². The Morgan fingerprint density at radius 2 is 1.92 bits per heavy atom. The number of nitro groups is 1. The Kier molecular flexibility index (Phi) is 3.74. The molecule has 0 bridgehead atoms. The number of non-ortho nitro benzene ring substituents is 1. The highest BCUT2D eigenvalue weighted by Gasteiger charge is 2.38. The zero-order valence-corrected chi connectivity index (χ0v) is 14.1. The summed E-state index contributed by atoms with van der Waals surface area (Å²) in [6.45, 7) is 0. The minimum absolute atomic E-state index is 0.0528. The standard InChI is InChI=1S/C18H14Cl2N2O2/c19-11-8-15-13-2-1-3-14(13)17(21-18(15)16(20)9-11)10-4-6-12(7-5-10)22(23)24/h1-2,4-9,13-14,17,21H,3H2/t13-,14+,17+/m1/s1. The van der Waals surface area contributed by atoms with Gasteiger partial charge in [0.15, 0.2) is 0 Å². The number of anilines is 1. The van der Waals surface area contributed by atoms with E-state index in [0.717, 1.165) is 23.2 Å². The van der Waals surface area contributed by atoms with Crippen molar-refractivity contribution in [2.45, 2.75) is 18.4 Å². The molecule has 0 amide bonds. The molecule has 0 unspecified atom stereocenters. The maximum Gasteiger partial charge on any atom is 0.269 e. The van der Waals surface area contributed by atoms with Crippen molar-refractivity contribution >= 4 is 34.6 Å². The summed E-state index contributed by atoms with van der Waals surface area (Å²) in [5, 5.41) is 15.6. The van der Waals surface area contributed by atoms with Crippen LogP contribution in [0.25, 0.3) is 0 Å². The van der Waals surface area contributed by atoms with E-state index < -0.39 is 0 Å². The Hall–Kier alpha value is -2.04. The van der Waals surface area contributed by atoms with Crippen molar-refractivity contribution in [3.63, 3.8) is 0 Å². The fourth-order valence-corrected chi connectivity index (χ4v) is 4.32. The van der Waals surface area contributed by atoms with Gasteiger partial charge in [0.1, 0.15) is 0 Å². The molecule has 4 rings (SSSR count). The molecule has 1 N–H and O–H groups in total. The zero-order valence-electron chi connectivity index (χ0n) is 12.6. The van der Waals surface area contributed by atoms with Crippen LogP contribution in [0.3, 0.4) is 0 Å². The zero-order chi connectivity index (χ0) is 16.8. The Morgan fingerprint density at radius 3 is 2.62 bits per heavy atom. The Labute approximate surface area is 149 Å². The quantitative estimate of drug-likeness (QED) is 0.422. The minimum Gasteiger partial charge on any atom is -0.376 e. The number of nitrogens with one attached hydrogen (secondary N) is 1. The predicted molar refractivity (Wildman–Crippen MR) is 95.9 cm³/mol. The van der Waals surface area contributed by atoms with E-state index in [1.807, 2.05) is 18.2 Å². The fraction of sp³-hybridized carbons (Fsp3) is 0.222. The number of hydrogen-bond donors (Lipinski definition) is 1. The van der Waals surface area contributed by atoms with Gasteiger partial charge in [-0.2, -0.15) is 0 Å². The van der Waals surface area contributed by atoms with Gasteiger partial charge in [0.2, 0.25) is 0 Å². The third-order valence-corrected chi connectivity index (χ3v) is 5.36. The molecule has 1 aliphatic heterocycles. The van der Waals surface area contributed by atoms with Crippen molar-refractivity contribution < 1.29 is 4.92 Å². The largest absolute Gasteiger partial charge is 0.376 e. The van der Waals surface area contributed by atoms with Crippen LogP contribution in [0.15, 0.2) is 48.6 Å². The molecule has 2 aromatic carbocycles. The molecular formula is C18H14Cl2N2O2. The lowest BCUT2D eigenvalue weighted by atomic mass is 9.77. The number of halogens is 2. The van der Waals surface area contributed by atoms with Crippen molar-refractivity contribution in [2.75, 3.05) is 5.32 Å². The first-order valence-corrected chi connectivity index (χ1v) is 8.46. The van der Waals surface area contributed by atoms with E-state index in [2.05, 4.69) is 17.5 Å². The van der Waals surface area contributed by atoms with Gasteiger partial charge in [-0.1, -0.05) is 47.5 Å². The molecule has 1 heterocycles. The van der Waals surface area contributed by atoms with Crippen molar-refractivity contribution in [3.8, 4) is 0 Å². The maximum absolute atomic E-state index is 10.9. The van der Waals surface area contributed by atoms with Crippen LogP contribution in [0.4, 0.5) is 11.4 Å². The summed E-state index contributed by atoms with van der Waals surface area (Å²) in [5.41, 5.74) is 3.14. The molecule has 6 heteroatoms. The molecule has 0 aromatic heterocycles. The van der Waals surface area contributed by atoms with Crippen LogP contribution in [-0.2, 0) is 0 Å². The molecule has 0 saturated carbocycles. The van der Waals surface area contributed by atoms with Crippen LogP contribution >= 0.6 is 23.2 Å². The van der Waals surface area contributed by atoms with Gasteiger partial charge in [0.25, 0.3) is 5.69 Å². The molecule has 2 aromatic rings. The van der Waals surface area contributed by atoms with Gasteiger partial charge < -0.3 is 5.32 Å². The SMILES string of the molecule is O=[N+]([O-])c1ccc([C@@H]2Nc3c(Cl)cc(Cl)cc3[C@@H]3C=CC[C@@H]32)cc1. The minimum atomic E-state index is -0.383. The summed E-state index contributed by atoms with van der Waals surface area (Å²) in [7, 11) is 0. The molecule has 1 aliphatic carbocycles. The van der Waals surface area contributed by atoms with Crippen LogP contribution < -0.4 is 5.32 Å². The van der Waals surface area contributed by atoms with Crippen LogP contribution in [0.1, 0.15) is 29.5 Å². The lowest BCUT2D eigenvalue weighted by molar-refractivity contribution is -0.384. The molecule has 24 heavy (non-hydrogen) atoms. The number of nitro benzene ring substituents is 1. The Morgan fingerprint density at radius 1 is 1.17 bits per heavy atom. The molecular weight excluding hydrogens is 347 g/mol. The first-order valence-electron chi connectivity index (χ1n) is 7.71. The van der Waals surface area contributed by atoms with Crippen LogP contribution in [-0.4, -0.2) is 4.92 Å². The van der Waals surface area contributed by atoms with Gasteiger partial charge in [-0.05, 0) is 35.6 Å². The summed E-state index contributed by atoms with van der Waals surface area (Å²) in [4.78, 5) is 10.5. The second kappa shape index (κ2) is 5.80. The highest BCUT2D eigenvalue weighted by atomic mass is 35.5. The second-order valence-electron chi connectivity index (χ2n) is 6.18. The topological polar surface area (TPSA) is 55.2 Å². The van der Waals surface area contributed by atoms with Gasteiger partial charge in [-0.25, -0.2) is 0 Å². The fourth-order valence-electron chi connectivity index (χ4n) is 3.75. The lowest BCUT2D eigenvalue weighted by Crippen LogP contribution is -2.29. The summed E-state index contributed by atoms with van der Waals surface area (Å²) in [6, 6.07) is 10.5. The summed E-state index contributed by atoms with van der Waals surface area (Å²) >= 11 is 12.6. The predicted octanol–water partition coefficient (Wildman–Crippen LogP) is 5.73. The number of rotatable bonds is 2. The second-order valence-corrected chi connectivity index (χ2v) is 7.02. The third-order valence-electron chi connectivity index (χ3n) is 4.85. The van der Waals surface area contributed by atoms with Crippen LogP contribution in [0.5, 0.6) is 0 Å². The highest BCUT2D eigenvalue weighted by Crippen LogP contribution is 2.52. The number of nitrogens with zero attached hydrogens (tertiary/aromatic N) is 1. The summed E-state index contributed by atoms with van der Waals surface area (Å²) in [5.74, 6) is 0.589. The molecule has 0 fully saturated rings. The van der Waals surface area contributed by atoms with E-state index >= 15 is 0 Å². The molecule has 4 nitrogen and oxygen atoms in total. The average Bonchev–Trinajstić information content (AvgIpc) is 3.04. The lowest BCUT2D eigenvalue weighted by Gasteiger charge is -2.38. The monoisotopic (exact) mass is 360 g/mol. The van der Waals surface area contributed by atoms with Crippen molar-refractivity contribution in [1.29, 1.82) is 0 Å². The number of hydrogen-bond acceptors (Lipinski definition) is 3. The molecule has 0 spiro atoms. The van der Waals surface area contributed by atoms with Gasteiger partial charge in [-0.3, -0.25) is 10.1 Å². The Balaban J connectivity index is 1.76. The average molecular weight is 361 g/mol. The summed E-state index contributed by atoms with van der Waals surface area (Å²) in [6.07, 6.45) is 5.33. The van der Waals surface area contributed by atoms with Crippen LogP contribution in [0.2, 0.25) is 10.0 Å². The number of fused-ring (bicyclic) bond motifs is 3. The third kappa shape index (κ3) is 2.46. The smallest absolute Gasteiger partial charge is 0.269 e. The van der Waals surface area contributed by atoms with Gasteiger partial charge >= 0.3 is 0 Å². The number of allylic oxidation sites excluding steroid dienone is 2. The first kappa shape index (κ1) is 15.5. The molecule has 122 valence electrons. The molecule has 0 radical (unpaired) electrons. The van der Waals surface area contributed by atoms with E-state index in [1.54, 1.807) is 18.2 Å².